The normalized spacial score (nSPS) is 23.4. The fraction of sp³-hybridized carbons (Fsp3) is 0.474. The summed E-state index contributed by atoms with van der Waals surface area (Å²) in [5.41, 5.74) is 0.830. The van der Waals surface area contributed by atoms with E-state index in [0.717, 1.165) is 5.56 Å². The highest BCUT2D eigenvalue weighted by molar-refractivity contribution is 7.89. The number of carbonyl (C=O) groups excluding carboxylic acids is 2. The van der Waals surface area contributed by atoms with Crippen LogP contribution in [-0.4, -0.2) is 42.7 Å². The van der Waals surface area contributed by atoms with Crippen molar-refractivity contribution in [2.75, 3.05) is 0 Å². The number of sulfonamides is 1. The van der Waals surface area contributed by atoms with Crippen molar-refractivity contribution in [1.82, 2.24) is 14.9 Å². The van der Waals surface area contributed by atoms with Gasteiger partial charge in [0.05, 0.1) is 4.90 Å². The number of nitrogens with one attached hydrogen (secondary N) is 2. The number of carbonyl (C=O) groups is 2. The molecule has 1 aromatic rings. The van der Waals surface area contributed by atoms with Crippen LogP contribution in [0, 0.1) is 0 Å². The van der Waals surface area contributed by atoms with Crippen LogP contribution in [0.1, 0.15) is 39.2 Å². The number of hydrogen-bond acceptors (Lipinski definition) is 4. The Morgan fingerprint density at radius 3 is 2.22 bits per heavy atom. The van der Waals surface area contributed by atoms with E-state index in [1.54, 1.807) is 24.3 Å². The molecule has 27 heavy (non-hydrogen) atoms. The van der Waals surface area contributed by atoms with Crippen LogP contribution in [0.15, 0.2) is 41.8 Å². The van der Waals surface area contributed by atoms with E-state index in [0.29, 0.717) is 19.4 Å². The predicted octanol–water partition coefficient (Wildman–Crippen LogP) is 1.55. The van der Waals surface area contributed by atoms with Gasteiger partial charge in [-0.1, -0.05) is 18.7 Å². The standard InChI is InChI=1S/C19H27N3O4S/c1-5-19(24)21-17-10-13(2)22(14(3)11-17)27(25,26)18-8-6-16(7-9-18)12-20-15(4)23/h5-9,13-14,17H,1,10-12H2,2-4H3,(H,20,23)(H,21,24). The summed E-state index contributed by atoms with van der Waals surface area (Å²) in [6.45, 7) is 8.94. The van der Waals surface area contributed by atoms with Gasteiger partial charge >= 0.3 is 0 Å². The molecule has 0 aliphatic carbocycles. The summed E-state index contributed by atoms with van der Waals surface area (Å²) in [5, 5.41) is 5.54. The molecular weight excluding hydrogens is 366 g/mol. The Morgan fingerprint density at radius 2 is 1.74 bits per heavy atom. The fourth-order valence-corrected chi connectivity index (χ4v) is 5.38. The molecule has 0 saturated carbocycles. The minimum absolute atomic E-state index is 0.0769. The number of piperidine rings is 1. The molecule has 1 fully saturated rings. The van der Waals surface area contributed by atoms with Crippen LogP contribution in [0.25, 0.3) is 0 Å². The Bertz CT molecular complexity index is 793. The molecule has 2 amide bonds. The first-order chi connectivity index (χ1) is 12.6. The highest BCUT2D eigenvalue weighted by atomic mass is 32.2. The zero-order valence-corrected chi connectivity index (χ0v) is 16.8. The van der Waals surface area contributed by atoms with E-state index < -0.39 is 10.0 Å². The van der Waals surface area contributed by atoms with Gasteiger partial charge in [-0.15, -0.1) is 0 Å². The molecule has 1 aromatic carbocycles. The van der Waals surface area contributed by atoms with Gasteiger partial charge < -0.3 is 10.6 Å². The summed E-state index contributed by atoms with van der Waals surface area (Å²) >= 11 is 0. The summed E-state index contributed by atoms with van der Waals surface area (Å²) in [6.07, 6.45) is 2.31. The lowest BCUT2D eigenvalue weighted by atomic mass is 9.95. The highest BCUT2D eigenvalue weighted by Gasteiger charge is 2.39. The quantitative estimate of drug-likeness (QED) is 0.717. The Hall–Kier alpha value is -2.19. The van der Waals surface area contributed by atoms with Crippen molar-refractivity contribution >= 4 is 21.8 Å². The largest absolute Gasteiger partial charge is 0.352 e. The van der Waals surface area contributed by atoms with Gasteiger partial charge in [-0.3, -0.25) is 9.59 Å². The zero-order chi connectivity index (χ0) is 20.2. The van der Waals surface area contributed by atoms with Crippen molar-refractivity contribution in [1.29, 1.82) is 0 Å². The number of benzene rings is 1. The van der Waals surface area contributed by atoms with E-state index in [1.807, 2.05) is 13.8 Å². The van der Waals surface area contributed by atoms with Crippen molar-refractivity contribution in [3.05, 3.63) is 42.5 Å². The fourth-order valence-electron chi connectivity index (χ4n) is 3.54. The lowest BCUT2D eigenvalue weighted by molar-refractivity contribution is -0.119. The van der Waals surface area contributed by atoms with Crippen molar-refractivity contribution in [3.63, 3.8) is 0 Å². The first-order valence-electron chi connectivity index (χ1n) is 8.95. The molecule has 1 aliphatic rings. The molecule has 0 spiro atoms. The van der Waals surface area contributed by atoms with Crippen LogP contribution < -0.4 is 10.6 Å². The van der Waals surface area contributed by atoms with Gasteiger partial charge in [-0.2, -0.15) is 4.31 Å². The lowest BCUT2D eigenvalue weighted by Crippen LogP contribution is -2.54. The summed E-state index contributed by atoms with van der Waals surface area (Å²) in [7, 11) is -3.65. The Balaban J connectivity index is 2.14. The van der Waals surface area contributed by atoms with Gasteiger partial charge in [0.25, 0.3) is 0 Å². The van der Waals surface area contributed by atoms with Crippen molar-refractivity contribution < 1.29 is 18.0 Å². The molecule has 0 radical (unpaired) electrons. The van der Waals surface area contributed by atoms with Crippen LogP contribution >= 0.6 is 0 Å². The molecule has 2 rings (SSSR count). The van der Waals surface area contributed by atoms with Crippen LogP contribution in [0.5, 0.6) is 0 Å². The molecule has 1 saturated heterocycles. The third-order valence-corrected chi connectivity index (χ3v) is 6.83. The number of amides is 2. The topological polar surface area (TPSA) is 95.6 Å². The Morgan fingerprint density at radius 1 is 1.19 bits per heavy atom. The maximum absolute atomic E-state index is 13.1. The van der Waals surface area contributed by atoms with E-state index in [2.05, 4.69) is 17.2 Å². The molecule has 2 atom stereocenters. The van der Waals surface area contributed by atoms with Gasteiger partial charge in [0.2, 0.25) is 21.8 Å². The van der Waals surface area contributed by atoms with Crippen LogP contribution in [0.4, 0.5) is 0 Å². The average Bonchev–Trinajstić information content (AvgIpc) is 2.59. The van der Waals surface area contributed by atoms with E-state index in [4.69, 9.17) is 0 Å². The lowest BCUT2D eigenvalue weighted by Gasteiger charge is -2.41. The van der Waals surface area contributed by atoms with Crippen LogP contribution in [0.3, 0.4) is 0 Å². The summed E-state index contributed by atoms with van der Waals surface area (Å²) in [6, 6.07) is 5.98. The molecule has 0 bridgehead atoms. The van der Waals surface area contributed by atoms with Gasteiger partial charge in [0, 0.05) is 31.6 Å². The molecule has 2 N–H and O–H groups in total. The zero-order valence-electron chi connectivity index (χ0n) is 15.9. The smallest absolute Gasteiger partial charge is 0.243 e. The summed E-state index contributed by atoms with van der Waals surface area (Å²) in [4.78, 5) is 22.7. The average molecular weight is 394 g/mol. The molecule has 0 aromatic heterocycles. The van der Waals surface area contributed by atoms with Crippen LogP contribution in [0.2, 0.25) is 0 Å². The van der Waals surface area contributed by atoms with E-state index in [9.17, 15) is 18.0 Å². The Labute approximate surface area is 160 Å². The van der Waals surface area contributed by atoms with E-state index in [1.165, 1.54) is 17.3 Å². The second-order valence-corrected chi connectivity index (χ2v) is 8.81. The molecule has 8 heteroatoms. The summed E-state index contributed by atoms with van der Waals surface area (Å²) < 4.78 is 27.8. The number of rotatable bonds is 6. The molecule has 7 nitrogen and oxygen atoms in total. The minimum atomic E-state index is -3.65. The third-order valence-electron chi connectivity index (χ3n) is 4.69. The van der Waals surface area contributed by atoms with Crippen LogP contribution in [-0.2, 0) is 26.2 Å². The third kappa shape index (κ3) is 5.17. The minimum Gasteiger partial charge on any atom is -0.352 e. The second kappa shape index (κ2) is 8.67. The number of nitrogens with zero attached hydrogens (tertiary/aromatic N) is 1. The van der Waals surface area contributed by atoms with E-state index >= 15 is 0 Å². The maximum Gasteiger partial charge on any atom is 0.243 e. The van der Waals surface area contributed by atoms with Gasteiger partial charge in [-0.05, 0) is 50.5 Å². The molecule has 1 heterocycles. The SMILES string of the molecule is C=CC(=O)NC1CC(C)N(S(=O)(=O)c2ccc(CNC(C)=O)cc2)C(C)C1. The van der Waals surface area contributed by atoms with Crippen molar-refractivity contribution in [2.24, 2.45) is 0 Å². The van der Waals surface area contributed by atoms with Crippen molar-refractivity contribution in [2.45, 2.75) is 63.2 Å². The molecular formula is C19H27N3O4S. The summed E-state index contributed by atoms with van der Waals surface area (Å²) in [5.74, 6) is -0.383. The van der Waals surface area contributed by atoms with Gasteiger partial charge in [0.1, 0.15) is 0 Å². The van der Waals surface area contributed by atoms with Crippen molar-refractivity contribution in [3.8, 4) is 0 Å². The Kier molecular flexibility index (Phi) is 6.78. The predicted molar refractivity (Wildman–Crippen MR) is 103 cm³/mol. The van der Waals surface area contributed by atoms with Gasteiger partial charge in [0.15, 0.2) is 0 Å². The molecule has 2 unspecified atom stereocenters. The number of hydrogen-bond donors (Lipinski definition) is 2. The first-order valence-corrected chi connectivity index (χ1v) is 10.4. The molecule has 1 aliphatic heterocycles. The highest BCUT2D eigenvalue weighted by Crippen LogP contribution is 2.30. The monoisotopic (exact) mass is 393 g/mol. The van der Waals surface area contributed by atoms with Gasteiger partial charge in [-0.25, -0.2) is 8.42 Å². The van der Waals surface area contributed by atoms with E-state index in [-0.39, 0.29) is 34.8 Å². The molecule has 148 valence electrons. The second-order valence-electron chi connectivity index (χ2n) is 6.97. The first kappa shape index (κ1) is 21.1. The maximum atomic E-state index is 13.1.